The van der Waals surface area contributed by atoms with Crippen LogP contribution in [0.4, 0.5) is 0 Å². The molecule has 2 unspecified atom stereocenters. The van der Waals surface area contributed by atoms with Crippen LogP contribution >= 0.6 is 11.8 Å². The van der Waals surface area contributed by atoms with Crippen LogP contribution in [-0.4, -0.2) is 37.3 Å². The van der Waals surface area contributed by atoms with Gasteiger partial charge in [0.05, 0.1) is 6.10 Å². The summed E-state index contributed by atoms with van der Waals surface area (Å²) in [5, 5.41) is 3.66. The van der Waals surface area contributed by atoms with Gasteiger partial charge < -0.3 is 10.1 Å². The summed E-state index contributed by atoms with van der Waals surface area (Å²) in [4.78, 5) is 0. The van der Waals surface area contributed by atoms with E-state index in [-0.39, 0.29) is 0 Å². The fraction of sp³-hybridized carbons (Fsp3) is 1.00. The Morgan fingerprint density at radius 2 is 2.27 bits per heavy atom. The van der Waals surface area contributed by atoms with Gasteiger partial charge in [-0.15, -0.1) is 0 Å². The Balaban J connectivity index is 2.00. The van der Waals surface area contributed by atoms with Gasteiger partial charge in [0.25, 0.3) is 0 Å². The highest BCUT2D eigenvalue weighted by molar-refractivity contribution is 7.98. The molecule has 1 heterocycles. The Morgan fingerprint density at radius 1 is 1.40 bits per heavy atom. The molecule has 2 atom stereocenters. The van der Waals surface area contributed by atoms with E-state index in [2.05, 4.69) is 18.5 Å². The van der Waals surface area contributed by atoms with Crippen molar-refractivity contribution < 1.29 is 4.74 Å². The van der Waals surface area contributed by atoms with E-state index in [1.807, 2.05) is 11.8 Å². The molecule has 0 aromatic rings. The molecule has 3 heteroatoms. The molecular formula is C12H25NOS. The summed E-state index contributed by atoms with van der Waals surface area (Å²) in [6, 6.07) is 0.706. The van der Waals surface area contributed by atoms with E-state index in [1.54, 1.807) is 0 Å². The van der Waals surface area contributed by atoms with E-state index in [1.165, 1.54) is 38.0 Å². The molecule has 90 valence electrons. The first kappa shape index (κ1) is 13.3. The van der Waals surface area contributed by atoms with Crippen LogP contribution in [0.2, 0.25) is 0 Å². The molecule has 15 heavy (non-hydrogen) atoms. The number of nitrogens with one attached hydrogen (secondary N) is 1. The van der Waals surface area contributed by atoms with Crippen LogP contribution in [0.5, 0.6) is 0 Å². The molecule has 1 saturated heterocycles. The van der Waals surface area contributed by atoms with Gasteiger partial charge in [-0.3, -0.25) is 0 Å². The summed E-state index contributed by atoms with van der Waals surface area (Å²) in [6.45, 7) is 4.34. The average Bonchev–Trinajstić information content (AvgIpc) is 2.29. The number of hydrogen-bond acceptors (Lipinski definition) is 3. The number of thioether (sulfide) groups is 1. The van der Waals surface area contributed by atoms with E-state index in [0.717, 1.165) is 13.0 Å². The predicted octanol–water partition coefficient (Wildman–Crippen LogP) is 2.68. The summed E-state index contributed by atoms with van der Waals surface area (Å²) in [7, 11) is 0. The Bertz CT molecular complexity index is 155. The Labute approximate surface area is 98.5 Å². The van der Waals surface area contributed by atoms with Crippen LogP contribution in [0.3, 0.4) is 0 Å². The molecule has 1 rings (SSSR count). The lowest BCUT2D eigenvalue weighted by Gasteiger charge is -2.29. The van der Waals surface area contributed by atoms with E-state index in [4.69, 9.17) is 4.74 Å². The van der Waals surface area contributed by atoms with Crippen molar-refractivity contribution in [3.8, 4) is 0 Å². The van der Waals surface area contributed by atoms with Crippen molar-refractivity contribution in [2.75, 3.05) is 25.2 Å². The molecule has 0 spiro atoms. The number of ether oxygens (including phenoxy) is 1. The molecule has 0 aromatic heterocycles. The van der Waals surface area contributed by atoms with E-state index >= 15 is 0 Å². The lowest BCUT2D eigenvalue weighted by Crippen LogP contribution is -2.39. The Hall–Kier alpha value is 0.270. The van der Waals surface area contributed by atoms with Crippen molar-refractivity contribution in [2.45, 2.75) is 51.2 Å². The lowest BCUT2D eigenvalue weighted by molar-refractivity contribution is 0.0000206. The topological polar surface area (TPSA) is 21.3 Å². The highest BCUT2D eigenvalue weighted by atomic mass is 32.2. The molecular weight excluding hydrogens is 206 g/mol. The summed E-state index contributed by atoms with van der Waals surface area (Å²) < 4.78 is 5.66. The molecule has 0 aliphatic carbocycles. The fourth-order valence-electron chi connectivity index (χ4n) is 2.03. The Morgan fingerprint density at radius 3 is 3.00 bits per heavy atom. The standard InChI is InChI=1S/C12H25NOS/c1-3-12-10-11(6-8-14-12)13-7-4-5-9-15-2/h11-13H,3-10H2,1-2H3. The molecule has 0 amide bonds. The summed E-state index contributed by atoms with van der Waals surface area (Å²) in [5.74, 6) is 1.30. The van der Waals surface area contributed by atoms with Crippen molar-refractivity contribution in [1.29, 1.82) is 0 Å². The highest BCUT2D eigenvalue weighted by Gasteiger charge is 2.20. The second-order valence-corrected chi connectivity index (χ2v) is 5.26. The normalized spacial score (nSPS) is 26.8. The van der Waals surface area contributed by atoms with Gasteiger partial charge in [0.15, 0.2) is 0 Å². The second-order valence-electron chi connectivity index (χ2n) is 4.28. The fourth-order valence-corrected chi connectivity index (χ4v) is 2.52. The zero-order valence-electron chi connectivity index (χ0n) is 10.1. The maximum atomic E-state index is 5.66. The van der Waals surface area contributed by atoms with Crippen LogP contribution in [0.25, 0.3) is 0 Å². The summed E-state index contributed by atoms with van der Waals surface area (Å²) in [5.41, 5.74) is 0. The van der Waals surface area contributed by atoms with Crippen LogP contribution in [0, 0.1) is 0 Å². The van der Waals surface area contributed by atoms with Crippen molar-refractivity contribution in [3.05, 3.63) is 0 Å². The van der Waals surface area contributed by atoms with E-state index in [9.17, 15) is 0 Å². The lowest BCUT2D eigenvalue weighted by atomic mass is 10.0. The molecule has 1 N–H and O–H groups in total. The van der Waals surface area contributed by atoms with Crippen LogP contribution in [0.15, 0.2) is 0 Å². The first-order valence-electron chi connectivity index (χ1n) is 6.20. The maximum absolute atomic E-state index is 5.66. The Kier molecular flexibility index (Phi) is 7.49. The van der Waals surface area contributed by atoms with Crippen molar-refractivity contribution in [1.82, 2.24) is 5.32 Å². The van der Waals surface area contributed by atoms with Gasteiger partial charge in [-0.05, 0) is 50.7 Å². The van der Waals surface area contributed by atoms with Gasteiger partial charge >= 0.3 is 0 Å². The van der Waals surface area contributed by atoms with E-state index in [0.29, 0.717) is 12.1 Å². The number of unbranched alkanes of at least 4 members (excludes halogenated alkanes) is 1. The zero-order valence-corrected chi connectivity index (χ0v) is 10.9. The van der Waals surface area contributed by atoms with Crippen molar-refractivity contribution in [2.24, 2.45) is 0 Å². The second kappa shape index (κ2) is 8.43. The molecule has 0 saturated carbocycles. The first-order valence-corrected chi connectivity index (χ1v) is 7.60. The van der Waals surface area contributed by atoms with Gasteiger partial charge in [0, 0.05) is 12.6 Å². The number of hydrogen-bond donors (Lipinski definition) is 1. The van der Waals surface area contributed by atoms with Crippen LogP contribution in [-0.2, 0) is 4.74 Å². The van der Waals surface area contributed by atoms with Gasteiger partial charge in [-0.2, -0.15) is 11.8 Å². The zero-order chi connectivity index (χ0) is 10.9. The van der Waals surface area contributed by atoms with Crippen molar-refractivity contribution in [3.63, 3.8) is 0 Å². The average molecular weight is 231 g/mol. The van der Waals surface area contributed by atoms with Gasteiger partial charge in [0.1, 0.15) is 0 Å². The third-order valence-corrected chi connectivity index (χ3v) is 3.73. The third kappa shape index (κ3) is 5.79. The largest absolute Gasteiger partial charge is 0.378 e. The minimum Gasteiger partial charge on any atom is -0.378 e. The molecule has 1 aliphatic rings. The highest BCUT2D eigenvalue weighted by Crippen LogP contribution is 2.16. The minimum absolute atomic E-state index is 0.502. The molecule has 1 fully saturated rings. The van der Waals surface area contributed by atoms with Gasteiger partial charge in [-0.1, -0.05) is 6.92 Å². The maximum Gasteiger partial charge on any atom is 0.0587 e. The van der Waals surface area contributed by atoms with E-state index < -0.39 is 0 Å². The molecule has 2 nitrogen and oxygen atoms in total. The SMILES string of the molecule is CCC1CC(NCCCCSC)CCO1. The van der Waals surface area contributed by atoms with Crippen LogP contribution in [0.1, 0.15) is 39.0 Å². The quantitative estimate of drug-likeness (QED) is 0.681. The molecule has 0 radical (unpaired) electrons. The smallest absolute Gasteiger partial charge is 0.0587 e. The molecule has 0 bridgehead atoms. The monoisotopic (exact) mass is 231 g/mol. The van der Waals surface area contributed by atoms with Gasteiger partial charge in [-0.25, -0.2) is 0 Å². The third-order valence-electron chi connectivity index (χ3n) is 3.03. The minimum atomic E-state index is 0.502. The van der Waals surface area contributed by atoms with Crippen molar-refractivity contribution >= 4 is 11.8 Å². The predicted molar refractivity (Wildman–Crippen MR) is 68.7 cm³/mol. The summed E-state index contributed by atoms with van der Waals surface area (Å²) in [6.07, 6.45) is 8.90. The summed E-state index contributed by atoms with van der Waals surface area (Å²) >= 11 is 1.94. The molecule has 1 aliphatic heterocycles. The first-order chi connectivity index (χ1) is 7.36. The van der Waals surface area contributed by atoms with Crippen LogP contribution < -0.4 is 5.32 Å². The molecule has 0 aromatic carbocycles. The number of rotatable bonds is 7. The van der Waals surface area contributed by atoms with Gasteiger partial charge in [0.2, 0.25) is 0 Å².